The fraction of sp³-hybridized carbons (Fsp3) is 0.750. The van der Waals surface area contributed by atoms with Crippen LogP contribution >= 0.6 is 0 Å². The van der Waals surface area contributed by atoms with Crippen molar-refractivity contribution in [1.29, 1.82) is 0 Å². The van der Waals surface area contributed by atoms with Crippen molar-refractivity contribution < 1.29 is 17.9 Å². The number of aliphatic hydroxyl groups excluding tert-OH is 1. The average molecular weight is 320 g/mol. The van der Waals surface area contributed by atoms with Crippen LogP contribution in [0.15, 0.2) is 17.3 Å². The third-order valence-corrected chi connectivity index (χ3v) is 5.02. The largest absolute Gasteiger partial charge is 0.393 e. The van der Waals surface area contributed by atoms with Gasteiger partial charge in [-0.15, -0.1) is 0 Å². The van der Waals surface area contributed by atoms with Crippen molar-refractivity contribution in [2.24, 2.45) is 7.05 Å². The van der Waals surface area contributed by atoms with E-state index in [-0.39, 0.29) is 18.0 Å². The van der Waals surface area contributed by atoms with Crippen LogP contribution in [0.1, 0.15) is 12.8 Å². The number of aromatic nitrogens is 2. The number of hydrogen-bond donors (Lipinski definition) is 2. The predicted octanol–water partition coefficient (Wildman–Crippen LogP) is -0.505. The quantitative estimate of drug-likeness (QED) is 0.737. The molecule has 1 fully saturated rings. The molecule has 1 aliphatic rings. The van der Waals surface area contributed by atoms with E-state index in [1.807, 2.05) is 4.90 Å². The summed E-state index contributed by atoms with van der Waals surface area (Å²) in [7, 11) is -1.94. The number of aliphatic hydroxyl groups is 1. The number of sulfonamides is 1. The lowest BCUT2D eigenvalue weighted by Gasteiger charge is -2.36. The fourth-order valence-corrected chi connectivity index (χ4v) is 3.46. The van der Waals surface area contributed by atoms with Gasteiger partial charge in [0.25, 0.3) is 0 Å². The van der Waals surface area contributed by atoms with E-state index in [9.17, 15) is 12.8 Å². The highest BCUT2D eigenvalue weighted by Crippen LogP contribution is 2.24. The van der Waals surface area contributed by atoms with Gasteiger partial charge in [-0.05, 0) is 19.4 Å². The van der Waals surface area contributed by atoms with E-state index in [0.717, 1.165) is 0 Å². The second kappa shape index (κ2) is 6.39. The van der Waals surface area contributed by atoms with Gasteiger partial charge in [-0.3, -0.25) is 9.58 Å². The highest BCUT2D eigenvalue weighted by molar-refractivity contribution is 7.89. The maximum atomic E-state index is 14.0. The molecule has 1 aliphatic heterocycles. The number of rotatable bonds is 6. The predicted molar refractivity (Wildman–Crippen MR) is 75.0 cm³/mol. The summed E-state index contributed by atoms with van der Waals surface area (Å²) in [6, 6.07) is 0. The van der Waals surface area contributed by atoms with E-state index in [2.05, 4.69) is 9.82 Å². The van der Waals surface area contributed by atoms with Gasteiger partial charge in [0.2, 0.25) is 10.0 Å². The summed E-state index contributed by atoms with van der Waals surface area (Å²) >= 11 is 0. The van der Waals surface area contributed by atoms with Crippen LogP contribution in [0, 0.1) is 0 Å². The lowest BCUT2D eigenvalue weighted by Crippen LogP contribution is -2.49. The lowest BCUT2D eigenvalue weighted by molar-refractivity contribution is -0.000258. The molecule has 0 radical (unpaired) electrons. The minimum Gasteiger partial charge on any atom is -0.393 e. The number of alkyl halides is 1. The molecular weight excluding hydrogens is 299 g/mol. The number of piperidine rings is 1. The van der Waals surface area contributed by atoms with Crippen LogP contribution < -0.4 is 4.72 Å². The molecule has 0 amide bonds. The zero-order valence-electron chi connectivity index (χ0n) is 12.0. The topological polar surface area (TPSA) is 87.5 Å². The van der Waals surface area contributed by atoms with Crippen molar-refractivity contribution in [2.45, 2.75) is 23.4 Å². The van der Waals surface area contributed by atoms with Crippen LogP contribution in [0.2, 0.25) is 0 Å². The fourth-order valence-electron chi connectivity index (χ4n) is 2.46. The number of likely N-dealkylation sites (tertiary alicyclic amines) is 1. The van der Waals surface area contributed by atoms with Crippen LogP contribution in [0.25, 0.3) is 0 Å². The Balaban J connectivity index is 1.84. The Morgan fingerprint density at radius 3 is 2.95 bits per heavy atom. The molecule has 2 heterocycles. The monoisotopic (exact) mass is 320 g/mol. The summed E-state index contributed by atoms with van der Waals surface area (Å²) < 4.78 is 41.9. The molecule has 0 aromatic carbocycles. The summed E-state index contributed by atoms with van der Waals surface area (Å²) in [5, 5.41) is 12.9. The van der Waals surface area contributed by atoms with Crippen LogP contribution in [0.5, 0.6) is 0 Å². The third kappa shape index (κ3) is 4.22. The molecule has 1 atom stereocenters. The zero-order chi connectivity index (χ0) is 15.5. The van der Waals surface area contributed by atoms with Crippen LogP contribution in [0.4, 0.5) is 4.39 Å². The SMILES string of the molecule is Cn1cc(S(=O)(=O)NCCN2CCCC(F)(CO)C2)cn1. The van der Waals surface area contributed by atoms with Crippen LogP contribution in [0.3, 0.4) is 0 Å². The molecule has 2 N–H and O–H groups in total. The van der Waals surface area contributed by atoms with Gasteiger partial charge in [0.05, 0.1) is 12.8 Å². The summed E-state index contributed by atoms with van der Waals surface area (Å²) in [6.45, 7) is 0.952. The third-order valence-electron chi connectivity index (χ3n) is 3.60. The minimum atomic E-state index is -3.58. The molecule has 7 nitrogen and oxygen atoms in total. The number of hydrogen-bond acceptors (Lipinski definition) is 5. The molecule has 0 saturated carbocycles. The van der Waals surface area contributed by atoms with Crippen LogP contribution in [-0.4, -0.2) is 66.7 Å². The van der Waals surface area contributed by atoms with E-state index >= 15 is 0 Å². The summed E-state index contributed by atoms with van der Waals surface area (Å²) in [4.78, 5) is 1.93. The molecule has 1 unspecified atom stereocenters. The number of nitrogens with zero attached hydrogens (tertiary/aromatic N) is 3. The standard InChI is InChI=1S/C12H21FN4O3S/c1-16-8-11(7-14-16)21(19,20)15-4-6-17-5-2-3-12(13,9-17)10-18/h7-8,15,18H,2-6,9-10H2,1H3. The first-order valence-corrected chi connectivity index (χ1v) is 8.33. The summed E-state index contributed by atoms with van der Waals surface area (Å²) in [5.74, 6) is 0. The number of aryl methyl sites for hydroxylation is 1. The normalized spacial score (nSPS) is 24.3. The van der Waals surface area contributed by atoms with Gasteiger partial charge in [0, 0.05) is 32.9 Å². The molecule has 1 aromatic heterocycles. The molecule has 0 bridgehead atoms. The van der Waals surface area contributed by atoms with E-state index in [1.165, 1.54) is 17.1 Å². The minimum absolute atomic E-state index is 0.110. The number of halogens is 1. The Bertz CT molecular complexity index is 577. The molecule has 120 valence electrons. The second-order valence-corrected chi connectivity index (χ2v) is 7.20. The van der Waals surface area contributed by atoms with Gasteiger partial charge in [-0.1, -0.05) is 0 Å². The van der Waals surface area contributed by atoms with E-state index in [1.54, 1.807) is 7.05 Å². The smallest absolute Gasteiger partial charge is 0.243 e. The van der Waals surface area contributed by atoms with Gasteiger partial charge in [0.15, 0.2) is 0 Å². The van der Waals surface area contributed by atoms with E-state index in [4.69, 9.17) is 5.11 Å². The van der Waals surface area contributed by atoms with Gasteiger partial charge >= 0.3 is 0 Å². The summed E-state index contributed by atoms with van der Waals surface area (Å²) in [6.07, 6.45) is 3.71. The molecular formula is C12H21FN4O3S. The lowest BCUT2D eigenvalue weighted by atomic mass is 9.96. The Morgan fingerprint density at radius 1 is 1.57 bits per heavy atom. The van der Waals surface area contributed by atoms with E-state index < -0.39 is 22.3 Å². The van der Waals surface area contributed by atoms with E-state index in [0.29, 0.717) is 25.9 Å². The first kappa shape index (κ1) is 16.3. The Labute approximate surface area is 123 Å². The molecule has 9 heteroatoms. The van der Waals surface area contributed by atoms with Crippen molar-refractivity contribution >= 4 is 10.0 Å². The highest BCUT2D eigenvalue weighted by atomic mass is 32.2. The second-order valence-electron chi connectivity index (χ2n) is 5.44. The molecule has 21 heavy (non-hydrogen) atoms. The Morgan fingerprint density at radius 2 is 2.33 bits per heavy atom. The van der Waals surface area contributed by atoms with Crippen molar-refractivity contribution in [1.82, 2.24) is 19.4 Å². The Hall–Kier alpha value is -1.03. The highest BCUT2D eigenvalue weighted by Gasteiger charge is 2.34. The molecule has 0 spiro atoms. The maximum absolute atomic E-state index is 14.0. The number of nitrogens with one attached hydrogen (secondary N) is 1. The average Bonchev–Trinajstić information content (AvgIpc) is 2.86. The van der Waals surface area contributed by atoms with Crippen molar-refractivity contribution in [2.75, 3.05) is 32.8 Å². The van der Waals surface area contributed by atoms with Gasteiger partial charge in [-0.2, -0.15) is 5.10 Å². The first-order valence-electron chi connectivity index (χ1n) is 6.85. The Kier molecular flexibility index (Phi) is 4.97. The summed E-state index contributed by atoms with van der Waals surface area (Å²) in [5.41, 5.74) is -1.57. The van der Waals surface area contributed by atoms with Crippen molar-refractivity contribution in [3.05, 3.63) is 12.4 Å². The van der Waals surface area contributed by atoms with Crippen molar-refractivity contribution in [3.63, 3.8) is 0 Å². The van der Waals surface area contributed by atoms with Gasteiger partial charge in [0.1, 0.15) is 10.6 Å². The molecule has 2 rings (SSSR count). The first-order chi connectivity index (χ1) is 9.85. The van der Waals surface area contributed by atoms with Gasteiger partial charge < -0.3 is 5.11 Å². The molecule has 0 aliphatic carbocycles. The van der Waals surface area contributed by atoms with Crippen LogP contribution in [-0.2, 0) is 17.1 Å². The molecule has 1 saturated heterocycles. The van der Waals surface area contributed by atoms with Crippen molar-refractivity contribution in [3.8, 4) is 0 Å². The molecule has 1 aromatic rings. The maximum Gasteiger partial charge on any atom is 0.243 e. The zero-order valence-corrected chi connectivity index (χ0v) is 12.8. The van der Waals surface area contributed by atoms with Gasteiger partial charge in [-0.25, -0.2) is 17.5 Å².